The van der Waals surface area contributed by atoms with Crippen LogP contribution in [-0.2, 0) is 22.6 Å². The highest BCUT2D eigenvalue weighted by Crippen LogP contribution is 2.21. The summed E-state index contributed by atoms with van der Waals surface area (Å²) in [5, 5.41) is 3.43. The number of guanidine groups is 1. The SMILES string of the molecule is CCNC(=NCc1ccc(Cn2ccccc2=O)cc1)N1CCOC(C2CCCO2)C1. The summed E-state index contributed by atoms with van der Waals surface area (Å²) in [5.41, 5.74) is 2.25. The van der Waals surface area contributed by atoms with Gasteiger partial charge in [0.2, 0.25) is 0 Å². The molecule has 2 unspecified atom stereocenters. The van der Waals surface area contributed by atoms with Crippen molar-refractivity contribution in [1.82, 2.24) is 14.8 Å². The molecule has 4 rings (SSSR count). The third-order valence-corrected chi connectivity index (χ3v) is 5.79. The topological polar surface area (TPSA) is 68.1 Å². The Bertz CT molecular complexity index is 919. The molecule has 0 bridgehead atoms. The van der Waals surface area contributed by atoms with Gasteiger partial charge in [0.15, 0.2) is 5.96 Å². The Morgan fingerprint density at radius 1 is 1.10 bits per heavy atom. The van der Waals surface area contributed by atoms with Crippen LogP contribution in [0.25, 0.3) is 0 Å². The van der Waals surface area contributed by atoms with Crippen molar-refractivity contribution in [1.29, 1.82) is 0 Å². The molecule has 2 saturated heterocycles. The highest BCUT2D eigenvalue weighted by molar-refractivity contribution is 5.80. The molecule has 1 N–H and O–H groups in total. The molecule has 2 aliphatic rings. The molecule has 0 aliphatic carbocycles. The van der Waals surface area contributed by atoms with Crippen molar-refractivity contribution in [2.75, 3.05) is 32.8 Å². The number of morpholine rings is 1. The summed E-state index contributed by atoms with van der Waals surface area (Å²) in [6.07, 6.45) is 4.33. The molecule has 31 heavy (non-hydrogen) atoms. The lowest BCUT2D eigenvalue weighted by Gasteiger charge is -2.37. The summed E-state index contributed by atoms with van der Waals surface area (Å²) >= 11 is 0. The van der Waals surface area contributed by atoms with E-state index in [2.05, 4.69) is 41.4 Å². The second-order valence-corrected chi connectivity index (χ2v) is 8.06. The van der Waals surface area contributed by atoms with Crippen molar-refractivity contribution in [3.05, 3.63) is 70.1 Å². The number of benzene rings is 1. The number of pyridine rings is 1. The molecule has 0 spiro atoms. The molecular formula is C24H32N4O3. The minimum Gasteiger partial charge on any atom is -0.375 e. The van der Waals surface area contributed by atoms with Gasteiger partial charge >= 0.3 is 0 Å². The van der Waals surface area contributed by atoms with Gasteiger partial charge in [-0.3, -0.25) is 4.79 Å². The molecule has 7 nitrogen and oxygen atoms in total. The second-order valence-electron chi connectivity index (χ2n) is 8.06. The van der Waals surface area contributed by atoms with Gasteiger partial charge in [0.25, 0.3) is 5.56 Å². The summed E-state index contributed by atoms with van der Waals surface area (Å²) in [6, 6.07) is 13.5. The van der Waals surface area contributed by atoms with Crippen molar-refractivity contribution in [2.24, 2.45) is 4.99 Å². The van der Waals surface area contributed by atoms with Gasteiger partial charge in [0.05, 0.1) is 25.8 Å². The molecule has 3 heterocycles. The van der Waals surface area contributed by atoms with E-state index in [4.69, 9.17) is 14.5 Å². The van der Waals surface area contributed by atoms with E-state index in [1.807, 2.05) is 12.3 Å². The standard InChI is InChI=1S/C24H32N4O3/c1-2-25-24(28-13-15-31-22(18-28)21-6-5-14-30-21)26-16-19-8-10-20(11-9-19)17-27-12-4-3-7-23(27)29/h3-4,7-12,21-22H,2,5-6,13-18H2,1H3,(H,25,26). The normalized spacial score (nSPS) is 22.0. The van der Waals surface area contributed by atoms with Gasteiger partial charge in [-0.2, -0.15) is 0 Å². The van der Waals surface area contributed by atoms with Crippen molar-refractivity contribution in [3.63, 3.8) is 0 Å². The fraction of sp³-hybridized carbons (Fsp3) is 0.500. The van der Waals surface area contributed by atoms with E-state index in [9.17, 15) is 4.79 Å². The maximum atomic E-state index is 11.9. The quantitative estimate of drug-likeness (QED) is 0.569. The molecule has 2 aromatic rings. The van der Waals surface area contributed by atoms with Crippen LogP contribution in [0.15, 0.2) is 58.4 Å². The Balaban J connectivity index is 1.38. The maximum Gasteiger partial charge on any atom is 0.250 e. The molecular weight excluding hydrogens is 392 g/mol. The van der Waals surface area contributed by atoms with Crippen molar-refractivity contribution in [2.45, 2.75) is 45.1 Å². The zero-order valence-corrected chi connectivity index (χ0v) is 18.2. The van der Waals surface area contributed by atoms with Gasteiger partial charge in [-0.1, -0.05) is 30.3 Å². The minimum atomic E-state index is 0.0123. The van der Waals surface area contributed by atoms with Crippen molar-refractivity contribution in [3.8, 4) is 0 Å². The zero-order chi connectivity index (χ0) is 21.5. The lowest BCUT2D eigenvalue weighted by atomic mass is 10.1. The first-order chi connectivity index (χ1) is 15.2. The highest BCUT2D eigenvalue weighted by Gasteiger charge is 2.32. The fourth-order valence-electron chi connectivity index (χ4n) is 4.12. The third kappa shape index (κ3) is 5.74. The van der Waals surface area contributed by atoms with E-state index < -0.39 is 0 Å². The molecule has 2 aliphatic heterocycles. The van der Waals surface area contributed by atoms with Crippen LogP contribution in [0.2, 0.25) is 0 Å². The van der Waals surface area contributed by atoms with E-state index in [1.165, 1.54) is 0 Å². The summed E-state index contributed by atoms with van der Waals surface area (Å²) in [6.45, 7) is 7.27. The number of aromatic nitrogens is 1. The van der Waals surface area contributed by atoms with Crippen LogP contribution < -0.4 is 10.9 Å². The second kappa shape index (κ2) is 10.6. The van der Waals surface area contributed by atoms with E-state index in [0.29, 0.717) is 19.7 Å². The molecule has 0 radical (unpaired) electrons. The van der Waals surface area contributed by atoms with Gasteiger partial charge in [0.1, 0.15) is 6.10 Å². The maximum absolute atomic E-state index is 11.9. The Morgan fingerprint density at radius 2 is 1.90 bits per heavy atom. The first-order valence-corrected chi connectivity index (χ1v) is 11.2. The van der Waals surface area contributed by atoms with Crippen LogP contribution in [-0.4, -0.2) is 60.5 Å². The van der Waals surface area contributed by atoms with Crippen molar-refractivity contribution >= 4 is 5.96 Å². The number of nitrogens with one attached hydrogen (secondary N) is 1. The monoisotopic (exact) mass is 424 g/mol. The van der Waals surface area contributed by atoms with Gasteiger partial charge in [0, 0.05) is 38.5 Å². The third-order valence-electron chi connectivity index (χ3n) is 5.79. The predicted molar refractivity (Wildman–Crippen MR) is 121 cm³/mol. The average Bonchev–Trinajstić information content (AvgIpc) is 3.34. The minimum absolute atomic E-state index is 0.0123. The largest absolute Gasteiger partial charge is 0.375 e. The number of hydrogen-bond donors (Lipinski definition) is 1. The number of nitrogens with zero attached hydrogens (tertiary/aromatic N) is 3. The molecule has 0 amide bonds. The Kier molecular flexibility index (Phi) is 7.38. The van der Waals surface area contributed by atoms with Gasteiger partial charge in [-0.15, -0.1) is 0 Å². The van der Waals surface area contributed by atoms with E-state index >= 15 is 0 Å². The zero-order valence-electron chi connectivity index (χ0n) is 18.2. The van der Waals surface area contributed by atoms with E-state index in [-0.39, 0.29) is 17.8 Å². The molecule has 166 valence electrons. The average molecular weight is 425 g/mol. The fourth-order valence-corrected chi connectivity index (χ4v) is 4.12. The van der Waals surface area contributed by atoms with E-state index in [0.717, 1.165) is 56.2 Å². The number of aliphatic imine (C=N–C) groups is 1. The molecule has 1 aromatic heterocycles. The van der Waals surface area contributed by atoms with Crippen LogP contribution >= 0.6 is 0 Å². The number of ether oxygens (including phenoxy) is 2. The molecule has 7 heteroatoms. The molecule has 2 atom stereocenters. The van der Waals surface area contributed by atoms with Gasteiger partial charge < -0.3 is 24.3 Å². The van der Waals surface area contributed by atoms with E-state index in [1.54, 1.807) is 16.7 Å². The van der Waals surface area contributed by atoms with Gasteiger partial charge in [-0.25, -0.2) is 4.99 Å². The van der Waals surface area contributed by atoms with Crippen LogP contribution in [0.5, 0.6) is 0 Å². The first kappa shape index (κ1) is 21.6. The molecule has 0 saturated carbocycles. The summed E-state index contributed by atoms with van der Waals surface area (Å²) in [4.78, 5) is 19.1. The molecule has 1 aromatic carbocycles. The smallest absolute Gasteiger partial charge is 0.250 e. The summed E-state index contributed by atoms with van der Waals surface area (Å²) in [7, 11) is 0. The number of rotatable bonds is 6. The predicted octanol–water partition coefficient (Wildman–Crippen LogP) is 2.24. The Hall–Kier alpha value is -2.64. The Labute approximate surface area is 183 Å². The first-order valence-electron chi connectivity index (χ1n) is 11.2. The lowest BCUT2D eigenvalue weighted by molar-refractivity contribution is -0.0817. The van der Waals surface area contributed by atoms with Crippen molar-refractivity contribution < 1.29 is 9.47 Å². The van der Waals surface area contributed by atoms with Crippen LogP contribution in [0.1, 0.15) is 30.9 Å². The summed E-state index contributed by atoms with van der Waals surface area (Å²) < 4.78 is 13.5. The van der Waals surface area contributed by atoms with Gasteiger partial charge in [-0.05, 0) is 37.0 Å². The highest BCUT2D eigenvalue weighted by atomic mass is 16.5. The lowest BCUT2D eigenvalue weighted by Crippen LogP contribution is -2.53. The molecule has 2 fully saturated rings. The van der Waals surface area contributed by atoms with Crippen LogP contribution in [0.3, 0.4) is 0 Å². The summed E-state index contributed by atoms with van der Waals surface area (Å²) in [5.74, 6) is 0.925. The van der Waals surface area contributed by atoms with Crippen LogP contribution in [0.4, 0.5) is 0 Å². The Morgan fingerprint density at radius 3 is 2.65 bits per heavy atom. The van der Waals surface area contributed by atoms with Crippen LogP contribution in [0, 0.1) is 0 Å². The number of hydrogen-bond acceptors (Lipinski definition) is 4.